The molecule has 1 aliphatic heterocycles. The topological polar surface area (TPSA) is 86.3 Å². The van der Waals surface area contributed by atoms with Gasteiger partial charge < -0.3 is 15.2 Å². The average molecular weight is 485 g/mol. The van der Waals surface area contributed by atoms with Crippen molar-refractivity contribution in [2.45, 2.75) is 26.9 Å². The maximum atomic E-state index is 12.9. The van der Waals surface area contributed by atoms with Gasteiger partial charge in [0.15, 0.2) is 0 Å². The molecular weight excluding hydrogens is 452 g/mol. The predicted octanol–water partition coefficient (Wildman–Crippen LogP) is 3.10. The molecule has 2 aromatic carbocycles. The monoisotopic (exact) mass is 484 g/mol. The Morgan fingerprint density at radius 3 is 2.44 bits per heavy atom. The number of rotatable bonds is 7. The van der Waals surface area contributed by atoms with E-state index in [0.29, 0.717) is 51.5 Å². The van der Waals surface area contributed by atoms with Gasteiger partial charge in [0, 0.05) is 54.9 Å². The predicted molar refractivity (Wildman–Crippen MR) is 140 cm³/mol. The number of nitrogens with zero attached hydrogens (tertiary/aromatic N) is 4. The van der Waals surface area contributed by atoms with Crippen molar-refractivity contribution in [1.82, 2.24) is 29.9 Å². The Morgan fingerprint density at radius 2 is 1.69 bits per heavy atom. The van der Waals surface area contributed by atoms with Crippen molar-refractivity contribution in [3.05, 3.63) is 88.9 Å². The molecule has 0 spiro atoms. The quantitative estimate of drug-likeness (QED) is 0.422. The number of aryl methyl sites for hydroxylation is 1. The SMILES string of the molecule is Cc1nn(Cc2ccccc2)c(C)c1CNC(=O)CN1CCN(C(=O)c2cc3ccccc3[nH]2)CC1. The third-order valence-electron chi connectivity index (χ3n) is 6.96. The highest BCUT2D eigenvalue weighted by atomic mass is 16.2. The Balaban J connectivity index is 1.10. The number of benzene rings is 2. The number of hydrogen-bond acceptors (Lipinski definition) is 4. The molecular formula is C28H32N6O2. The molecule has 4 aromatic rings. The summed E-state index contributed by atoms with van der Waals surface area (Å²) in [6.45, 7) is 8.09. The van der Waals surface area contributed by atoms with Gasteiger partial charge in [-0.2, -0.15) is 5.10 Å². The maximum Gasteiger partial charge on any atom is 0.270 e. The molecule has 2 N–H and O–H groups in total. The molecule has 1 saturated heterocycles. The minimum Gasteiger partial charge on any atom is -0.351 e. The van der Waals surface area contributed by atoms with E-state index >= 15 is 0 Å². The molecule has 0 bridgehead atoms. The number of amides is 2. The molecule has 186 valence electrons. The molecule has 3 heterocycles. The van der Waals surface area contributed by atoms with Gasteiger partial charge in [-0.05, 0) is 31.5 Å². The average Bonchev–Trinajstić information content (AvgIpc) is 3.44. The van der Waals surface area contributed by atoms with E-state index in [1.54, 1.807) is 0 Å². The minimum atomic E-state index is -0.0139. The Hall–Kier alpha value is -3.91. The van der Waals surface area contributed by atoms with E-state index in [4.69, 9.17) is 0 Å². The molecule has 8 nitrogen and oxygen atoms in total. The van der Waals surface area contributed by atoms with Gasteiger partial charge in [0.2, 0.25) is 5.91 Å². The summed E-state index contributed by atoms with van der Waals surface area (Å²) in [5, 5.41) is 8.77. The van der Waals surface area contributed by atoms with Crippen LogP contribution in [0.3, 0.4) is 0 Å². The number of hydrogen-bond donors (Lipinski definition) is 2. The van der Waals surface area contributed by atoms with E-state index in [9.17, 15) is 9.59 Å². The van der Waals surface area contributed by atoms with E-state index in [-0.39, 0.29) is 11.8 Å². The van der Waals surface area contributed by atoms with Crippen molar-refractivity contribution in [3.63, 3.8) is 0 Å². The lowest BCUT2D eigenvalue weighted by molar-refractivity contribution is -0.122. The summed E-state index contributed by atoms with van der Waals surface area (Å²) in [5.41, 5.74) is 5.84. The van der Waals surface area contributed by atoms with Crippen LogP contribution in [0.2, 0.25) is 0 Å². The molecule has 0 aliphatic carbocycles. The Morgan fingerprint density at radius 1 is 0.972 bits per heavy atom. The van der Waals surface area contributed by atoms with Gasteiger partial charge in [0.1, 0.15) is 5.69 Å². The fraction of sp³-hybridized carbons (Fsp3) is 0.321. The lowest BCUT2D eigenvalue weighted by atomic mass is 10.2. The van der Waals surface area contributed by atoms with Crippen LogP contribution in [0, 0.1) is 13.8 Å². The zero-order chi connectivity index (χ0) is 25.1. The maximum absolute atomic E-state index is 12.9. The van der Waals surface area contributed by atoms with E-state index in [1.165, 1.54) is 5.56 Å². The van der Waals surface area contributed by atoms with Crippen LogP contribution in [-0.2, 0) is 17.9 Å². The zero-order valence-corrected chi connectivity index (χ0v) is 20.8. The number of fused-ring (bicyclic) bond motifs is 1. The number of piperazine rings is 1. The summed E-state index contributed by atoms with van der Waals surface area (Å²) in [6.07, 6.45) is 0. The second-order valence-corrected chi connectivity index (χ2v) is 9.41. The lowest BCUT2D eigenvalue weighted by Crippen LogP contribution is -2.51. The highest BCUT2D eigenvalue weighted by Gasteiger charge is 2.24. The van der Waals surface area contributed by atoms with Crippen molar-refractivity contribution in [1.29, 1.82) is 0 Å². The van der Waals surface area contributed by atoms with Crippen molar-refractivity contribution < 1.29 is 9.59 Å². The molecule has 36 heavy (non-hydrogen) atoms. The van der Waals surface area contributed by atoms with Crippen LogP contribution in [0.1, 0.15) is 33.0 Å². The van der Waals surface area contributed by atoms with Gasteiger partial charge in [-0.3, -0.25) is 19.2 Å². The highest BCUT2D eigenvalue weighted by molar-refractivity contribution is 5.98. The Kier molecular flexibility index (Phi) is 6.86. The number of carbonyl (C=O) groups excluding carboxylic acids is 2. The summed E-state index contributed by atoms with van der Waals surface area (Å²) >= 11 is 0. The minimum absolute atomic E-state index is 0.00812. The standard InChI is InChI=1S/C28H32N6O2/c1-20-24(21(2)34(31-20)18-22-8-4-3-5-9-22)17-29-27(35)19-32-12-14-33(15-13-32)28(36)26-16-23-10-6-7-11-25(23)30-26/h3-11,16,30H,12-15,17-19H2,1-2H3,(H,29,35). The molecule has 0 atom stereocenters. The van der Waals surface area contributed by atoms with Gasteiger partial charge in [0.05, 0.1) is 18.8 Å². The first kappa shape index (κ1) is 23.8. The van der Waals surface area contributed by atoms with Crippen LogP contribution in [-0.4, -0.2) is 69.1 Å². The largest absolute Gasteiger partial charge is 0.351 e. The molecule has 1 fully saturated rings. The second-order valence-electron chi connectivity index (χ2n) is 9.41. The van der Waals surface area contributed by atoms with Crippen molar-refractivity contribution >= 4 is 22.7 Å². The molecule has 0 saturated carbocycles. The van der Waals surface area contributed by atoms with Gasteiger partial charge in [-0.25, -0.2) is 0 Å². The van der Waals surface area contributed by atoms with Crippen molar-refractivity contribution in [3.8, 4) is 0 Å². The van der Waals surface area contributed by atoms with Crippen LogP contribution in [0.25, 0.3) is 10.9 Å². The van der Waals surface area contributed by atoms with Crippen LogP contribution >= 0.6 is 0 Å². The third-order valence-corrected chi connectivity index (χ3v) is 6.96. The van der Waals surface area contributed by atoms with Gasteiger partial charge in [-0.1, -0.05) is 48.5 Å². The van der Waals surface area contributed by atoms with E-state index < -0.39 is 0 Å². The first-order valence-electron chi connectivity index (χ1n) is 12.4. The van der Waals surface area contributed by atoms with Crippen LogP contribution in [0.5, 0.6) is 0 Å². The normalized spacial score (nSPS) is 14.3. The van der Waals surface area contributed by atoms with Crippen LogP contribution in [0.15, 0.2) is 60.7 Å². The van der Waals surface area contributed by atoms with E-state index in [0.717, 1.165) is 27.9 Å². The molecule has 2 amide bonds. The smallest absolute Gasteiger partial charge is 0.270 e. The molecule has 0 unspecified atom stereocenters. The van der Waals surface area contributed by atoms with Crippen molar-refractivity contribution in [2.24, 2.45) is 0 Å². The fourth-order valence-corrected chi connectivity index (χ4v) is 4.81. The van der Waals surface area contributed by atoms with Gasteiger partial charge in [0.25, 0.3) is 5.91 Å². The molecule has 2 aromatic heterocycles. The zero-order valence-electron chi connectivity index (χ0n) is 20.8. The number of aromatic nitrogens is 3. The number of carbonyl (C=O) groups is 2. The van der Waals surface area contributed by atoms with Crippen LogP contribution < -0.4 is 5.32 Å². The highest BCUT2D eigenvalue weighted by Crippen LogP contribution is 2.17. The summed E-state index contributed by atoms with van der Waals surface area (Å²) < 4.78 is 2.00. The number of nitrogens with one attached hydrogen (secondary N) is 2. The molecule has 5 rings (SSSR count). The van der Waals surface area contributed by atoms with Crippen LogP contribution in [0.4, 0.5) is 0 Å². The first-order valence-corrected chi connectivity index (χ1v) is 12.4. The Labute approximate surface area is 210 Å². The summed E-state index contributed by atoms with van der Waals surface area (Å²) in [5.74, 6) is -0.00577. The molecule has 0 radical (unpaired) electrons. The summed E-state index contributed by atoms with van der Waals surface area (Å²) in [6, 6.07) is 20.0. The Bertz CT molecular complexity index is 1330. The third kappa shape index (κ3) is 5.18. The molecule has 8 heteroatoms. The fourth-order valence-electron chi connectivity index (χ4n) is 4.81. The number of H-pyrrole nitrogens is 1. The van der Waals surface area contributed by atoms with Gasteiger partial charge in [-0.15, -0.1) is 0 Å². The molecule has 1 aliphatic rings. The van der Waals surface area contributed by atoms with E-state index in [2.05, 4.69) is 32.4 Å². The number of aromatic amines is 1. The summed E-state index contributed by atoms with van der Waals surface area (Å²) in [4.78, 5) is 32.8. The van der Waals surface area contributed by atoms with Crippen molar-refractivity contribution in [2.75, 3.05) is 32.7 Å². The summed E-state index contributed by atoms with van der Waals surface area (Å²) in [7, 11) is 0. The second kappa shape index (κ2) is 10.4. The first-order chi connectivity index (χ1) is 17.5. The van der Waals surface area contributed by atoms with E-state index in [1.807, 2.05) is 72.0 Å². The van der Waals surface area contributed by atoms with Gasteiger partial charge >= 0.3 is 0 Å². The number of para-hydroxylation sites is 1. The lowest BCUT2D eigenvalue weighted by Gasteiger charge is -2.34.